The van der Waals surface area contributed by atoms with Crippen molar-refractivity contribution in [3.8, 4) is 11.5 Å². The van der Waals surface area contributed by atoms with Crippen molar-refractivity contribution >= 4 is 37.3 Å². The minimum Gasteiger partial charge on any atom is -0.497 e. The van der Waals surface area contributed by atoms with E-state index in [4.69, 9.17) is 34.1 Å². The number of methoxy groups -OCH3 is 2. The van der Waals surface area contributed by atoms with Crippen LogP contribution >= 0.6 is 8.53 Å². The number of anilines is 1. The Labute approximate surface area is 451 Å². The number of carbonyl (C=O) groups is 2. The first kappa shape index (κ1) is 55.1. The maximum Gasteiger partial charge on any atom is 0.286 e. The number of aliphatic hydroxyl groups is 1. The van der Waals surface area contributed by atoms with Crippen molar-refractivity contribution in [1.29, 1.82) is 0 Å². The number of aliphatic hydroxyl groups excluding tert-OH is 1. The van der Waals surface area contributed by atoms with E-state index >= 15 is 0 Å². The number of nitrogens with zero attached hydrogens (tertiary/aromatic N) is 5. The standard InChI is InChI=1S/C60H70N7O9P/c1-4-5-6-7-8-9-10-11-12-13-14-19-25-42-26-22-29-48-49(42)58(70)67(57(48)69)75-53-51(68)52(74-59(53)66-40-65-50-55(63-39-64-56(50)66)62-38-41-23-17-15-18-24-41)54(76-77(61)71)60(43-27-20-16-21-28-43,44-30-34-46(72-2)35-31-44)45-32-36-47(73-3)37-33-45/h15-18,20-24,26-37,39-40,51-54,59,68,71H,4-14,19,25,38,61H2,1-3H3,(H,62,63,64)/t51-,52+,53-,54?,59-,77?/m1/s1. The van der Waals surface area contributed by atoms with E-state index in [2.05, 4.69) is 22.2 Å². The molecule has 2 aliphatic heterocycles. The van der Waals surface area contributed by atoms with Crippen LogP contribution in [-0.2, 0) is 32.5 Å². The third-order valence-corrected chi connectivity index (χ3v) is 15.4. The summed E-state index contributed by atoms with van der Waals surface area (Å²) in [7, 11) is 0.470. The molecule has 0 bridgehead atoms. The molecule has 17 heteroatoms. The van der Waals surface area contributed by atoms with Crippen LogP contribution in [0.2, 0.25) is 0 Å². The van der Waals surface area contributed by atoms with Gasteiger partial charge in [0.25, 0.3) is 20.3 Å². The zero-order valence-corrected chi connectivity index (χ0v) is 45.0. The van der Waals surface area contributed by atoms with Crippen molar-refractivity contribution in [2.45, 2.75) is 133 Å². The fourth-order valence-corrected chi connectivity index (χ4v) is 11.5. The van der Waals surface area contributed by atoms with Crippen LogP contribution in [0.3, 0.4) is 0 Å². The highest BCUT2D eigenvalue weighted by atomic mass is 31.2. The molecule has 16 nitrogen and oxygen atoms in total. The second-order valence-electron chi connectivity index (χ2n) is 19.8. The predicted molar refractivity (Wildman–Crippen MR) is 296 cm³/mol. The maximum atomic E-state index is 14.8. The Bertz CT molecular complexity index is 2970. The number of carbonyl (C=O) groups excluding carboxylic acids is 2. The van der Waals surface area contributed by atoms with Crippen LogP contribution in [-0.4, -0.2) is 85.0 Å². The molecule has 9 rings (SSSR count). The number of unbranched alkanes of at least 4 members (excludes halogenated alkanes) is 11. The molecule has 404 valence electrons. The summed E-state index contributed by atoms with van der Waals surface area (Å²) in [5.74, 6) is 0.277. The largest absolute Gasteiger partial charge is 0.497 e. The summed E-state index contributed by atoms with van der Waals surface area (Å²) in [4.78, 5) is 61.2. The molecule has 7 aromatic rings. The SMILES string of the molecule is CCCCCCCCCCCCCCc1cccc2c1C(=O)N(O[C@@H]1[C@H](O)[C@@H](C(OP(N)O)C(c3ccccc3)(c3ccc(OC)cc3)c3ccc(OC)cc3)O[C@H]1n1cnc3c(NCc4ccccc4)ncnc31)C2=O. The number of aryl methyl sites for hydroxylation is 1. The van der Waals surface area contributed by atoms with Crippen molar-refractivity contribution < 1.29 is 43.2 Å². The Hall–Kier alpha value is -6.62. The molecule has 2 amide bonds. The Morgan fingerprint density at radius 2 is 1.30 bits per heavy atom. The number of hydrogen-bond acceptors (Lipinski definition) is 14. The first-order valence-corrected chi connectivity index (χ1v) is 28.2. The number of nitrogens with two attached hydrogens (primary N) is 1. The van der Waals surface area contributed by atoms with Gasteiger partial charge in [0.2, 0.25) is 0 Å². The molecule has 2 unspecified atom stereocenters. The number of fused-ring (bicyclic) bond motifs is 2. The molecule has 2 aliphatic rings. The minimum atomic E-state index is -2.68. The Morgan fingerprint density at radius 1 is 0.714 bits per heavy atom. The van der Waals surface area contributed by atoms with Crippen molar-refractivity contribution in [1.82, 2.24) is 24.6 Å². The van der Waals surface area contributed by atoms with Crippen LogP contribution in [0, 0.1) is 0 Å². The molecule has 77 heavy (non-hydrogen) atoms. The molecule has 2 aromatic heterocycles. The highest BCUT2D eigenvalue weighted by Crippen LogP contribution is 2.52. The molecule has 5 aromatic carbocycles. The summed E-state index contributed by atoms with van der Waals surface area (Å²) < 4.78 is 26.5. The van der Waals surface area contributed by atoms with Crippen LogP contribution in [0.25, 0.3) is 11.2 Å². The van der Waals surface area contributed by atoms with Gasteiger partial charge in [-0.3, -0.25) is 24.5 Å². The fraction of sp³-hybridized carbons (Fsp3) is 0.383. The van der Waals surface area contributed by atoms with E-state index in [9.17, 15) is 19.6 Å². The molecule has 0 spiro atoms. The lowest BCUT2D eigenvalue weighted by molar-refractivity contribution is -0.177. The number of aromatic nitrogens is 4. The van der Waals surface area contributed by atoms with Gasteiger partial charge in [0.05, 0.1) is 37.1 Å². The molecule has 1 fully saturated rings. The Morgan fingerprint density at radius 3 is 1.90 bits per heavy atom. The van der Waals surface area contributed by atoms with Gasteiger partial charge in [0, 0.05) is 6.54 Å². The number of rotatable bonds is 28. The zero-order valence-electron chi connectivity index (χ0n) is 44.1. The molecule has 4 heterocycles. The lowest BCUT2D eigenvalue weighted by Crippen LogP contribution is -2.54. The van der Waals surface area contributed by atoms with Crippen LogP contribution < -0.4 is 20.3 Å². The molecule has 1 saturated heterocycles. The first-order valence-electron chi connectivity index (χ1n) is 26.9. The number of imide groups is 1. The summed E-state index contributed by atoms with van der Waals surface area (Å²) in [6.07, 6.45) is 10.6. The molecular weight excluding hydrogens is 994 g/mol. The number of hydroxylamine groups is 2. The third-order valence-electron chi connectivity index (χ3n) is 14.9. The predicted octanol–water partition coefficient (Wildman–Crippen LogP) is 11.2. The van der Waals surface area contributed by atoms with Crippen molar-refractivity contribution in [2.24, 2.45) is 5.50 Å². The Balaban J connectivity index is 1.07. The molecule has 0 radical (unpaired) electrons. The molecule has 5 N–H and O–H groups in total. The number of imidazole rings is 1. The molecular formula is C60H70N7O9P. The first-order chi connectivity index (χ1) is 37.7. The third kappa shape index (κ3) is 12.1. The van der Waals surface area contributed by atoms with Gasteiger partial charge in [-0.2, -0.15) is 0 Å². The quantitative estimate of drug-likeness (QED) is 0.0156. The summed E-state index contributed by atoms with van der Waals surface area (Å²) in [6, 6.07) is 39.4. The van der Waals surface area contributed by atoms with E-state index < -0.39 is 56.4 Å². The van der Waals surface area contributed by atoms with Gasteiger partial charge in [-0.25, -0.2) is 15.0 Å². The number of amides is 2. The average Bonchev–Trinajstić information content (AvgIpc) is 4.17. The van der Waals surface area contributed by atoms with Crippen LogP contribution in [0.4, 0.5) is 5.82 Å². The van der Waals surface area contributed by atoms with Crippen LogP contribution in [0.5, 0.6) is 11.5 Å². The lowest BCUT2D eigenvalue weighted by Gasteiger charge is -2.45. The van der Waals surface area contributed by atoms with Gasteiger partial charge in [0.15, 0.2) is 29.3 Å². The number of ether oxygens (including phenoxy) is 3. The second kappa shape index (κ2) is 26.2. The zero-order chi connectivity index (χ0) is 53.7. The van der Waals surface area contributed by atoms with Crippen molar-refractivity contribution in [2.75, 3.05) is 19.5 Å². The monoisotopic (exact) mass is 1060 g/mol. The molecule has 0 aliphatic carbocycles. The van der Waals surface area contributed by atoms with Crippen LogP contribution in [0.15, 0.2) is 140 Å². The average molecular weight is 1060 g/mol. The van der Waals surface area contributed by atoms with Crippen LogP contribution in [0.1, 0.15) is 139 Å². The van der Waals surface area contributed by atoms with Gasteiger partial charge >= 0.3 is 0 Å². The van der Waals surface area contributed by atoms with Gasteiger partial charge in [-0.05, 0) is 71.0 Å². The summed E-state index contributed by atoms with van der Waals surface area (Å²) in [5, 5.41) is 17.3. The minimum absolute atomic E-state index is 0.209. The van der Waals surface area contributed by atoms with Gasteiger partial charge in [-0.15, -0.1) is 5.06 Å². The van der Waals surface area contributed by atoms with E-state index in [1.807, 2.05) is 115 Å². The van der Waals surface area contributed by atoms with Crippen molar-refractivity contribution in [3.05, 3.63) is 179 Å². The fourth-order valence-electron chi connectivity index (χ4n) is 11.0. The number of benzene rings is 5. The summed E-state index contributed by atoms with van der Waals surface area (Å²) >= 11 is 0. The number of hydrogen-bond donors (Lipinski definition) is 4. The maximum absolute atomic E-state index is 14.8. The van der Waals surface area contributed by atoms with Gasteiger partial charge in [-0.1, -0.05) is 175 Å². The van der Waals surface area contributed by atoms with E-state index in [0.29, 0.717) is 58.1 Å². The number of nitrogens with one attached hydrogen (secondary N) is 1. The smallest absolute Gasteiger partial charge is 0.286 e. The highest BCUT2D eigenvalue weighted by Gasteiger charge is 2.59. The van der Waals surface area contributed by atoms with E-state index in [1.54, 1.807) is 30.9 Å². The Kier molecular flexibility index (Phi) is 18.7. The highest BCUT2D eigenvalue weighted by molar-refractivity contribution is 7.43. The topological polar surface area (TPSA) is 206 Å². The van der Waals surface area contributed by atoms with E-state index in [-0.39, 0.29) is 11.1 Å². The van der Waals surface area contributed by atoms with Crippen molar-refractivity contribution in [3.63, 3.8) is 0 Å². The normalized spacial score (nSPS) is 18.2. The van der Waals surface area contributed by atoms with E-state index in [0.717, 1.165) is 35.5 Å². The summed E-state index contributed by atoms with van der Waals surface area (Å²) in [6.45, 7) is 2.68. The lowest BCUT2D eigenvalue weighted by atomic mass is 9.64. The molecule has 0 saturated carbocycles. The molecule has 6 atom stereocenters. The second-order valence-corrected chi connectivity index (χ2v) is 20.6. The van der Waals surface area contributed by atoms with E-state index in [1.165, 1.54) is 70.4 Å². The van der Waals surface area contributed by atoms with Gasteiger partial charge < -0.3 is 34.1 Å². The summed E-state index contributed by atoms with van der Waals surface area (Å²) in [5.41, 5.74) is 9.83. The van der Waals surface area contributed by atoms with Gasteiger partial charge in [0.1, 0.15) is 36.1 Å².